The Morgan fingerprint density at radius 1 is 1.20 bits per heavy atom. The molecule has 25 heavy (non-hydrogen) atoms. The molecule has 1 aromatic heterocycles. The van der Waals surface area contributed by atoms with Crippen molar-refractivity contribution in [2.45, 2.75) is 65.8 Å². The zero-order chi connectivity index (χ0) is 17.8. The molecule has 3 nitrogen and oxygen atoms in total. The number of nitrogens with one attached hydrogen (secondary N) is 1. The van der Waals surface area contributed by atoms with E-state index in [9.17, 15) is 4.79 Å². The predicted molar refractivity (Wildman–Crippen MR) is 105 cm³/mol. The SMILES string of the molecule is Cc1cccc2c1c(C(=O)NCC1CCCCCC1)cn2CC(C)C. The fourth-order valence-electron chi connectivity index (χ4n) is 4.15. The van der Waals surface area contributed by atoms with Gasteiger partial charge in [0.2, 0.25) is 0 Å². The van der Waals surface area contributed by atoms with Crippen molar-refractivity contribution in [2.24, 2.45) is 11.8 Å². The molecule has 0 spiro atoms. The topological polar surface area (TPSA) is 34.0 Å². The number of hydrogen-bond acceptors (Lipinski definition) is 1. The van der Waals surface area contributed by atoms with Crippen molar-refractivity contribution >= 4 is 16.8 Å². The Hall–Kier alpha value is -1.77. The highest BCUT2D eigenvalue weighted by Crippen LogP contribution is 2.26. The number of aromatic nitrogens is 1. The first-order valence-corrected chi connectivity index (χ1v) is 9.93. The van der Waals surface area contributed by atoms with E-state index in [2.05, 4.69) is 55.1 Å². The third kappa shape index (κ3) is 4.26. The van der Waals surface area contributed by atoms with Crippen molar-refractivity contribution < 1.29 is 4.79 Å². The number of aryl methyl sites for hydroxylation is 1. The molecule has 0 radical (unpaired) electrons. The first kappa shape index (κ1) is 18.0. The van der Waals surface area contributed by atoms with Crippen LogP contribution in [-0.2, 0) is 6.54 Å². The van der Waals surface area contributed by atoms with E-state index < -0.39 is 0 Å². The summed E-state index contributed by atoms with van der Waals surface area (Å²) in [5.41, 5.74) is 3.19. The summed E-state index contributed by atoms with van der Waals surface area (Å²) in [6, 6.07) is 6.32. The molecule has 1 aliphatic carbocycles. The normalized spacial score (nSPS) is 16.3. The molecule has 0 saturated heterocycles. The van der Waals surface area contributed by atoms with Gasteiger partial charge in [-0.2, -0.15) is 0 Å². The van der Waals surface area contributed by atoms with Crippen LogP contribution in [0.25, 0.3) is 10.9 Å². The van der Waals surface area contributed by atoms with E-state index in [-0.39, 0.29) is 5.91 Å². The molecule has 1 amide bonds. The van der Waals surface area contributed by atoms with Crippen LogP contribution in [0.5, 0.6) is 0 Å². The lowest BCUT2D eigenvalue weighted by atomic mass is 10.00. The Morgan fingerprint density at radius 3 is 2.60 bits per heavy atom. The summed E-state index contributed by atoms with van der Waals surface area (Å²) in [6.07, 6.45) is 9.91. The number of carbonyl (C=O) groups excluding carboxylic acids is 1. The first-order chi connectivity index (χ1) is 12.1. The smallest absolute Gasteiger partial charge is 0.253 e. The second-order valence-electron chi connectivity index (χ2n) is 8.13. The molecular weight excluding hydrogens is 308 g/mol. The summed E-state index contributed by atoms with van der Waals surface area (Å²) in [5.74, 6) is 1.29. The largest absolute Gasteiger partial charge is 0.352 e. The number of hydrogen-bond donors (Lipinski definition) is 1. The van der Waals surface area contributed by atoms with Gasteiger partial charge in [0.15, 0.2) is 0 Å². The van der Waals surface area contributed by atoms with Gasteiger partial charge in [0.05, 0.1) is 5.56 Å². The van der Waals surface area contributed by atoms with Crippen molar-refractivity contribution in [3.05, 3.63) is 35.5 Å². The van der Waals surface area contributed by atoms with Crippen LogP contribution in [0, 0.1) is 18.8 Å². The molecule has 136 valence electrons. The zero-order valence-electron chi connectivity index (χ0n) is 16.0. The Bertz CT molecular complexity index is 721. The van der Waals surface area contributed by atoms with Crippen LogP contribution >= 0.6 is 0 Å². The lowest BCUT2D eigenvalue weighted by Gasteiger charge is -2.14. The monoisotopic (exact) mass is 340 g/mol. The maximum absolute atomic E-state index is 12.9. The van der Waals surface area contributed by atoms with Gasteiger partial charge in [-0.1, -0.05) is 51.7 Å². The number of carbonyl (C=O) groups is 1. The van der Waals surface area contributed by atoms with Crippen molar-refractivity contribution in [3.8, 4) is 0 Å². The Labute approximate surface area is 151 Å². The van der Waals surface area contributed by atoms with Gasteiger partial charge >= 0.3 is 0 Å². The van der Waals surface area contributed by atoms with Gasteiger partial charge < -0.3 is 9.88 Å². The van der Waals surface area contributed by atoms with E-state index in [1.807, 2.05) is 0 Å². The third-order valence-corrected chi connectivity index (χ3v) is 5.45. The summed E-state index contributed by atoms with van der Waals surface area (Å²) >= 11 is 0. The van der Waals surface area contributed by atoms with Crippen molar-refractivity contribution in [2.75, 3.05) is 6.54 Å². The highest BCUT2D eigenvalue weighted by Gasteiger charge is 2.19. The average molecular weight is 341 g/mol. The maximum Gasteiger partial charge on any atom is 0.253 e. The standard InChI is InChI=1S/C22H32N2O/c1-16(2)14-24-15-19(21-17(3)9-8-12-20(21)24)22(25)23-13-18-10-6-4-5-7-11-18/h8-9,12,15-16,18H,4-7,10-11,13-14H2,1-3H3,(H,23,25). The van der Waals surface area contributed by atoms with E-state index in [0.717, 1.165) is 24.0 Å². The van der Waals surface area contributed by atoms with E-state index >= 15 is 0 Å². The van der Waals surface area contributed by atoms with Gasteiger partial charge in [0, 0.05) is 30.2 Å². The van der Waals surface area contributed by atoms with Crippen LogP contribution in [0.15, 0.2) is 24.4 Å². The van der Waals surface area contributed by atoms with Gasteiger partial charge in [-0.15, -0.1) is 0 Å². The number of amides is 1. The highest BCUT2D eigenvalue weighted by atomic mass is 16.1. The molecule has 0 bridgehead atoms. The summed E-state index contributed by atoms with van der Waals surface area (Å²) in [6.45, 7) is 8.29. The number of nitrogens with zero attached hydrogens (tertiary/aromatic N) is 1. The minimum atomic E-state index is 0.0889. The number of benzene rings is 1. The molecule has 0 unspecified atom stereocenters. The van der Waals surface area contributed by atoms with Crippen molar-refractivity contribution in [1.29, 1.82) is 0 Å². The fourth-order valence-corrected chi connectivity index (χ4v) is 4.15. The Kier molecular flexibility index (Phi) is 5.82. The summed E-state index contributed by atoms with van der Waals surface area (Å²) in [7, 11) is 0. The molecule has 2 aromatic rings. The molecule has 3 heteroatoms. The molecule has 1 aliphatic rings. The second-order valence-corrected chi connectivity index (χ2v) is 8.13. The van der Waals surface area contributed by atoms with E-state index in [1.165, 1.54) is 49.6 Å². The molecule has 0 atom stereocenters. The molecule has 1 N–H and O–H groups in total. The molecule has 1 fully saturated rings. The first-order valence-electron chi connectivity index (χ1n) is 9.93. The van der Waals surface area contributed by atoms with Gasteiger partial charge in [0.25, 0.3) is 5.91 Å². The molecule has 3 rings (SSSR count). The van der Waals surface area contributed by atoms with Gasteiger partial charge in [-0.05, 0) is 43.2 Å². The number of fused-ring (bicyclic) bond motifs is 1. The van der Waals surface area contributed by atoms with Gasteiger partial charge in [0.1, 0.15) is 0 Å². The highest BCUT2D eigenvalue weighted by molar-refractivity contribution is 6.08. The third-order valence-electron chi connectivity index (χ3n) is 5.45. The molecule has 1 heterocycles. The Morgan fingerprint density at radius 2 is 1.92 bits per heavy atom. The van der Waals surface area contributed by atoms with Crippen LogP contribution in [-0.4, -0.2) is 17.0 Å². The summed E-state index contributed by atoms with van der Waals surface area (Å²) in [4.78, 5) is 12.9. The second kappa shape index (κ2) is 8.07. The maximum atomic E-state index is 12.9. The van der Waals surface area contributed by atoms with Crippen molar-refractivity contribution in [1.82, 2.24) is 9.88 Å². The van der Waals surface area contributed by atoms with Crippen LogP contribution in [0.2, 0.25) is 0 Å². The fraction of sp³-hybridized carbons (Fsp3) is 0.591. The molecular formula is C22H32N2O. The average Bonchev–Trinajstić information content (AvgIpc) is 2.77. The van der Waals surface area contributed by atoms with E-state index in [4.69, 9.17) is 0 Å². The van der Waals surface area contributed by atoms with Crippen LogP contribution in [0.3, 0.4) is 0 Å². The van der Waals surface area contributed by atoms with Crippen molar-refractivity contribution in [3.63, 3.8) is 0 Å². The van der Waals surface area contributed by atoms with E-state index in [1.54, 1.807) is 0 Å². The summed E-state index contributed by atoms with van der Waals surface area (Å²) in [5, 5.41) is 4.34. The number of rotatable bonds is 5. The lowest BCUT2D eigenvalue weighted by molar-refractivity contribution is 0.0947. The minimum absolute atomic E-state index is 0.0889. The summed E-state index contributed by atoms with van der Waals surface area (Å²) < 4.78 is 2.24. The van der Waals surface area contributed by atoms with Crippen LogP contribution in [0.1, 0.15) is 68.3 Å². The zero-order valence-corrected chi connectivity index (χ0v) is 16.0. The minimum Gasteiger partial charge on any atom is -0.352 e. The van der Waals surface area contributed by atoms with E-state index in [0.29, 0.717) is 11.8 Å². The predicted octanol–water partition coefficient (Wildman–Crippen LogP) is 5.31. The molecule has 1 saturated carbocycles. The molecule has 0 aliphatic heterocycles. The van der Waals surface area contributed by atoms with Gasteiger partial charge in [-0.3, -0.25) is 4.79 Å². The van der Waals surface area contributed by atoms with Crippen LogP contribution in [0.4, 0.5) is 0 Å². The lowest BCUT2D eigenvalue weighted by Crippen LogP contribution is -2.29. The quantitative estimate of drug-likeness (QED) is 0.736. The van der Waals surface area contributed by atoms with Gasteiger partial charge in [-0.25, -0.2) is 0 Å². The molecule has 1 aromatic carbocycles. The van der Waals surface area contributed by atoms with Crippen LogP contribution < -0.4 is 5.32 Å². The Balaban J connectivity index is 1.80.